The van der Waals surface area contributed by atoms with Crippen LogP contribution in [-0.4, -0.2) is 37.2 Å². The summed E-state index contributed by atoms with van der Waals surface area (Å²) in [4.78, 5) is 26.7. The zero-order chi connectivity index (χ0) is 45.7. The first-order valence-electron chi connectivity index (χ1n) is 22.8. The fraction of sp³-hybridized carbons (Fsp3) is 0.646. The van der Waals surface area contributed by atoms with Crippen LogP contribution in [0.25, 0.3) is 11.4 Å². The van der Waals surface area contributed by atoms with Crippen LogP contribution in [0.15, 0.2) is 57.5 Å². The molecule has 2 aromatic carbocycles. The molecule has 0 spiro atoms. The van der Waals surface area contributed by atoms with Crippen LogP contribution in [0.5, 0.6) is 0 Å². The molecule has 0 aliphatic heterocycles. The van der Waals surface area contributed by atoms with E-state index in [0.29, 0.717) is 5.56 Å². The Morgan fingerprint density at radius 1 is 0.562 bits per heavy atom. The van der Waals surface area contributed by atoms with Crippen molar-refractivity contribution in [2.24, 2.45) is 58.7 Å². The molecule has 0 atom stereocenters. The summed E-state index contributed by atoms with van der Waals surface area (Å²) in [6.45, 7) is 0. The van der Waals surface area contributed by atoms with Crippen molar-refractivity contribution in [3.63, 3.8) is 0 Å². The number of aromatic nitrogens is 3. The molecular weight excluding hydrogens is 1210 g/mol. The molecule has 0 amide bonds. The minimum atomic E-state index is -4.33. The van der Waals surface area contributed by atoms with E-state index in [4.69, 9.17) is 93.9 Å². The van der Waals surface area contributed by atoms with E-state index in [1.54, 1.807) is 24.3 Å². The summed E-state index contributed by atoms with van der Waals surface area (Å²) >= 11 is 17.2. The molecule has 12 saturated carbocycles. The van der Waals surface area contributed by atoms with Gasteiger partial charge in [0.25, 0.3) is 5.24 Å². The molecule has 5 nitrogen and oxygen atoms in total. The Morgan fingerprint density at radius 3 is 1.12 bits per heavy atom. The van der Waals surface area contributed by atoms with Gasteiger partial charge in [-0.15, -0.1) is 23.2 Å². The number of nitrogens with zero attached hydrogens (tertiary/aromatic N) is 4. The van der Waals surface area contributed by atoms with Crippen LogP contribution in [0.4, 0.5) is 0 Å². The molecule has 348 valence electrons. The van der Waals surface area contributed by atoms with Gasteiger partial charge in [-0.3, -0.25) is 4.79 Å². The molecular formula is C48H55Br2Cl8N4OSb. The van der Waals surface area contributed by atoms with Crippen molar-refractivity contribution in [3.05, 3.63) is 74.7 Å². The topological polar surface area (TPSA) is 79.5 Å². The summed E-state index contributed by atoms with van der Waals surface area (Å²) in [6, 6.07) is 18.1. The van der Waals surface area contributed by atoms with Crippen molar-refractivity contribution in [1.82, 2.24) is 15.0 Å². The normalized spacial score (nSPS) is 36.9. The second kappa shape index (κ2) is 20.4. The molecule has 16 heteroatoms. The Kier molecular flexibility index (Phi) is 16.3. The first-order chi connectivity index (χ1) is 30.2. The van der Waals surface area contributed by atoms with Gasteiger partial charge in [-0.1, -0.05) is 44.0 Å². The first kappa shape index (κ1) is 51.1. The van der Waals surface area contributed by atoms with Crippen molar-refractivity contribution < 1.29 is 4.79 Å². The molecule has 0 saturated heterocycles. The van der Waals surface area contributed by atoms with Gasteiger partial charge < -0.3 is 0 Å². The van der Waals surface area contributed by atoms with Crippen molar-refractivity contribution in [2.45, 2.75) is 126 Å². The Labute approximate surface area is 430 Å². The third-order valence-electron chi connectivity index (χ3n) is 16.1. The Hall–Kier alpha value is 0.708. The number of benzene rings is 2. The molecule has 0 radical (unpaired) electrons. The molecule has 1 aromatic heterocycles. The van der Waals surface area contributed by atoms with E-state index in [1.807, 2.05) is 0 Å². The molecule has 64 heavy (non-hydrogen) atoms. The summed E-state index contributed by atoms with van der Waals surface area (Å²) in [6.07, 6.45) is 24.8. The van der Waals surface area contributed by atoms with E-state index < -0.39 is 16.9 Å². The number of rotatable bonds is 4. The number of alkyl halides is 2. The molecule has 1 heterocycles. The maximum absolute atomic E-state index is 10.5. The van der Waals surface area contributed by atoms with Gasteiger partial charge in [0.2, 0.25) is 0 Å². The van der Waals surface area contributed by atoms with Crippen LogP contribution in [0.3, 0.4) is 0 Å². The Morgan fingerprint density at radius 2 is 0.844 bits per heavy atom. The van der Waals surface area contributed by atoms with Gasteiger partial charge in [-0.05, 0) is 217 Å². The van der Waals surface area contributed by atoms with Crippen molar-refractivity contribution >= 4 is 128 Å². The van der Waals surface area contributed by atoms with E-state index >= 15 is 0 Å². The average Bonchev–Trinajstić information content (AvgIpc) is 3.20. The molecule has 3 aromatic rings. The van der Waals surface area contributed by atoms with E-state index in [-0.39, 0.29) is 21.6 Å². The first-order valence-corrected chi connectivity index (χ1v) is 42.0. The predicted octanol–water partition coefficient (Wildman–Crippen LogP) is 17.3. The van der Waals surface area contributed by atoms with Crippen LogP contribution in [-0.2, 0) is 10.8 Å². The average molecular weight is 1270 g/mol. The molecule has 12 fully saturated rings. The number of hydrogen-bond donors (Lipinski definition) is 0. The maximum atomic E-state index is 10.5. The quantitative estimate of drug-likeness (QED) is 0.148. The number of carbonyl (C=O) groups is 1. The van der Waals surface area contributed by atoms with Crippen LogP contribution in [0.2, 0.25) is 0 Å². The summed E-state index contributed by atoms with van der Waals surface area (Å²) in [5, 5.41) is 8.95. The predicted molar refractivity (Wildman–Crippen MR) is 275 cm³/mol. The summed E-state index contributed by atoms with van der Waals surface area (Å²) < 4.78 is 2.05. The second-order valence-corrected chi connectivity index (χ2v) is 62.0. The minimum absolute atomic E-state index is 0.148. The van der Waals surface area contributed by atoms with E-state index in [2.05, 4.69) is 62.2 Å². The fourth-order valence-corrected chi connectivity index (χ4v) is 15.8. The van der Waals surface area contributed by atoms with Gasteiger partial charge in [0.05, 0.1) is 16.8 Å². The molecule has 12 aliphatic carbocycles. The van der Waals surface area contributed by atoms with Crippen LogP contribution in [0, 0.1) is 70.0 Å². The monoisotopic (exact) mass is 1260 g/mol. The third-order valence-corrected chi connectivity index (χ3v) is 17.4. The number of hydrogen-bond acceptors (Lipinski definition) is 5. The van der Waals surface area contributed by atoms with Gasteiger partial charge in [0.1, 0.15) is 11.6 Å². The van der Waals surface area contributed by atoms with E-state index in [9.17, 15) is 10.1 Å². The number of carbonyl (C=O) groups excluding carboxylic acids is 1. The molecule has 12 bridgehead atoms. The van der Waals surface area contributed by atoms with Crippen molar-refractivity contribution in [1.29, 1.82) is 5.26 Å². The zero-order valence-corrected chi connectivity index (χ0v) is 47.4. The van der Waals surface area contributed by atoms with Gasteiger partial charge in [0.15, 0.2) is 5.82 Å². The van der Waals surface area contributed by atoms with Crippen LogP contribution < -0.4 is 0 Å². The van der Waals surface area contributed by atoms with E-state index in [1.165, 1.54) is 127 Å². The van der Waals surface area contributed by atoms with Gasteiger partial charge in [-0.25, -0.2) is 15.0 Å². The standard InChI is InChI=1S/C29H34BrN3.C11H15N.C7H4BrClO.CH2Cl2.5ClH.Sb/c30-24-3-1-23(2-4-24)25-31-26(28-11-17-5-18(12-28)7-19(6-17)13-28)33-27(32-25)29-14-20-8-21(15-29)10-22(9-20)16-29;12-7-11-4-8-1-9(5-11)3-10(2-8)6-11;8-6-3-1-5(2-4-6)7(9)10;2-1-3;;;;;;/h1-4,17-22H,5-16H2;8-10H,1-6H2;1-4H;1H2;5*1H;/q;;;;;;;;;+5/p-5. The molecule has 0 N–H and O–H groups in total. The summed E-state index contributed by atoms with van der Waals surface area (Å²) in [5.41, 5.74) is 2.26. The number of nitriles is 1. The van der Waals surface area contributed by atoms with Gasteiger partial charge >= 0.3 is 55.8 Å². The Bertz CT molecular complexity index is 2010. The Balaban J connectivity index is 0.000000147. The molecule has 0 unspecified atom stereocenters. The van der Waals surface area contributed by atoms with Crippen LogP contribution >= 0.6 is 111 Å². The van der Waals surface area contributed by atoms with Crippen molar-refractivity contribution in [3.8, 4) is 17.5 Å². The molecule has 15 rings (SSSR count). The summed E-state index contributed by atoms with van der Waals surface area (Å²) in [7, 11) is 25.2. The fourth-order valence-electron chi connectivity index (χ4n) is 15.2. The molecule has 12 aliphatic rings. The van der Waals surface area contributed by atoms with Crippen molar-refractivity contribution in [2.75, 3.05) is 5.34 Å². The number of halogens is 10. The van der Waals surface area contributed by atoms with E-state index in [0.717, 1.165) is 73.6 Å². The second-order valence-electron chi connectivity index (χ2n) is 21.0. The summed E-state index contributed by atoms with van der Waals surface area (Å²) in [5.74, 6) is 11.5. The zero-order valence-electron chi connectivity index (χ0n) is 35.7. The SMILES string of the molecule is Brc1ccc(-c2nc(C34CC5CC(CC(C5)C3)C4)nc(C34CC5CC(CC(C5)C3)C4)n2)cc1.ClCCl.N#CC12CC3CC(CC(C3)C1)C2.O=C(Cl)c1ccc(Br)cc1.[Cl][Sb]([Cl])([Cl])([Cl])[Cl]. The third kappa shape index (κ3) is 12.8. The van der Waals surface area contributed by atoms with Gasteiger partial charge in [0, 0.05) is 30.9 Å². The van der Waals surface area contributed by atoms with Gasteiger partial charge in [-0.2, -0.15) is 5.26 Å². The van der Waals surface area contributed by atoms with Crippen LogP contribution in [0.1, 0.15) is 138 Å².